The normalized spacial score (nSPS) is 30.4. The average molecular weight is 138 g/mol. The van der Waals surface area contributed by atoms with Gasteiger partial charge in [0.2, 0.25) is 0 Å². The average Bonchev–Trinajstić information content (AvgIpc) is 1.90. The van der Waals surface area contributed by atoms with Gasteiger partial charge in [0, 0.05) is 0 Å². The Labute approximate surface area is 53.0 Å². The van der Waals surface area contributed by atoms with Crippen molar-refractivity contribution in [2.24, 2.45) is 0 Å². The van der Waals surface area contributed by atoms with Crippen LogP contribution in [0.2, 0.25) is 0 Å². The molecule has 48 valence electrons. The van der Waals surface area contributed by atoms with Gasteiger partial charge in [-0.05, 0) is 11.8 Å². The Morgan fingerprint density at radius 1 is 1.50 bits per heavy atom. The summed E-state index contributed by atoms with van der Waals surface area (Å²) < 4.78 is 10.1. The van der Waals surface area contributed by atoms with Crippen molar-refractivity contribution >= 4 is 11.8 Å². The van der Waals surface area contributed by atoms with Crippen LogP contribution < -0.4 is 4.84 Å². The monoisotopic (exact) mass is 137 g/mol. The van der Waals surface area contributed by atoms with Crippen molar-refractivity contribution in [1.29, 1.82) is 0 Å². The molecule has 0 spiro atoms. The first-order chi connectivity index (χ1) is 3.93. The van der Waals surface area contributed by atoms with Gasteiger partial charge in [-0.15, -0.1) is 0 Å². The zero-order valence-corrected chi connectivity index (χ0v) is 5.15. The first-order valence-corrected chi connectivity index (χ1v) is 2.87. The second-order valence-electron chi connectivity index (χ2n) is 1.54. The fraction of sp³-hybridized carbons (Fsp3) is 1.00. The predicted molar refractivity (Wildman–Crippen MR) is 29.5 cm³/mol. The molecule has 1 saturated heterocycles. The summed E-state index contributed by atoms with van der Waals surface area (Å²) in [4.78, 5) is 2.43. The lowest BCUT2D eigenvalue weighted by Gasteiger charge is -2.20. The minimum Gasteiger partial charge on any atom is -0.375 e. The van der Waals surface area contributed by atoms with Crippen LogP contribution in [0.3, 0.4) is 0 Å². The molecule has 0 aromatic rings. The predicted octanol–water partition coefficient (Wildman–Crippen LogP) is 0.103. The Kier molecular flexibility index (Phi) is 2.55. The largest absolute Gasteiger partial charge is 0.375 e. The Morgan fingerprint density at radius 2 is 2.38 bits per heavy atom. The lowest BCUT2D eigenvalue weighted by atomic mass is 10.6. The molecule has 0 aromatic carbocycles. The van der Waals surface area contributed by atoms with Crippen molar-refractivity contribution < 1.29 is 9.47 Å². The van der Waals surface area contributed by atoms with E-state index in [2.05, 4.69) is 4.84 Å². The summed E-state index contributed by atoms with van der Waals surface area (Å²) in [7, 11) is 0. The zero-order valence-electron chi connectivity index (χ0n) is 4.39. The summed E-state index contributed by atoms with van der Waals surface area (Å²) in [5.41, 5.74) is 0. The van der Waals surface area contributed by atoms with Gasteiger partial charge >= 0.3 is 0 Å². The van der Waals surface area contributed by atoms with Gasteiger partial charge in [0.1, 0.15) is 6.23 Å². The van der Waals surface area contributed by atoms with Crippen LogP contribution in [-0.4, -0.2) is 26.0 Å². The van der Waals surface area contributed by atoms with Gasteiger partial charge in [-0.2, -0.15) is 0 Å². The maximum atomic E-state index is 5.23. The van der Waals surface area contributed by atoms with Gasteiger partial charge in [-0.1, -0.05) is 0 Å². The number of ether oxygens (including phenoxy) is 2. The molecule has 4 heteroatoms. The lowest BCUT2D eigenvalue weighted by Crippen LogP contribution is -2.35. The SMILES string of the molecule is ClNC1COCCO1. The molecule has 0 aromatic heterocycles. The Bertz CT molecular complexity index is 65.1. The quantitative estimate of drug-likeness (QED) is 0.520. The molecule has 1 aliphatic rings. The summed E-state index contributed by atoms with van der Waals surface area (Å²) >= 11 is 5.23. The first-order valence-electron chi connectivity index (χ1n) is 2.49. The third-order valence-electron chi connectivity index (χ3n) is 0.938. The summed E-state index contributed by atoms with van der Waals surface area (Å²) in [6.07, 6.45) is -0.120. The highest BCUT2D eigenvalue weighted by atomic mass is 35.5. The molecular weight excluding hydrogens is 130 g/mol. The van der Waals surface area contributed by atoms with Crippen LogP contribution in [0.1, 0.15) is 0 Å². The highest BCUT2D eigenvalue weighted by Gasteiger charge is 2.10. The van der Waals surface area contributed by atoms with Crippen LogP contribution in [-0.2, 0) is 9.47 Å². The van der Waals surface area contributed by atoms with Crippen molar-refractivity contribution in [3.8, 4) is 0 Å². The van der Waals surface area contributed by atoms with Crippen molar-refractivity contribution in [2.45, 2.75) is 6.23 Å². The van der Waals surface area contributed by atoms with E-state index < -0.39 is 0 Å². The topological polar surface area (TPSA) is 30.5 Å². The van der Waals surface area contributed by atoms with Crippen molar-refractivity contribution in [2.75, 3.05) is 19.8 Å². The van der Waals surface area contributed by atoms with E-state index in [9.17, 15) is 0 Å². The second-order valence-corrected chi connectivity index (χ2v) is 1.76. The fourth-order valence-electron chi connectivity index (χ4n) is 0.551. The number of halogens is 1. The van der Waals surface area contributed by atoms with Crippen LogP contribution in [0, 0.1) is 0 Å². The van der Waals surface area contributed by atoms with E-state index >= 15 is 0 Å². The van der Waals surface area contributed by atoms with Crippen molar-refractivity contribution in [3.63, 3.8) is 0 Å². The van der Waals surface area contributed by atoms with Crippen molar-refractivity contribution in [3.05, 3.63) is 0 Å². The number of hydrogen-bond acceptors (Lipinski definition) is 3. The first kappa shape index (κ1) is 6.29. The number of rotatable bonds is 1. The van der Waals surface area contributed by atoms with Gasteiger partial charge in [-0.25, -0.2) is 4.84 Å². The van der Waals surface area contributed by atoms with Gasteiger partial charge < -0.3 is 9.47 Å². The highest BCUT2D eigenvalue weighted by molar-refractivity contribution is 6.13. The summed E-state index contributed by atoms with van der Waals surface area (Å²) in [5, 5.41) is 0. The molecular formula is C4H8ClNO2. The Balaban J connectivity index is 2.13. The van der Waals surface area contributed by atoms with E-state index in [4.69, 9.17) is 21.3 Å². The minimum atomic E-state index is -0.120. The van der Waals surface area contributed by atoms with Crippen LogP contribution in [0.4, 0.5) is 0 Å². The van der Waals surface area contributed by atoms with E-state index in [-0.39, 0.29) is 6.23 Å². The molecule has 1 N–H and O–H groups in total. The molecule has 0 amide bonds. The van der Waals surface area contributed by atoms with Gasteiger partial charge in [0.25, 0.3) is 0 Å². The lowest BCUT2D eigenvalue weighted by molar-refractivity contribution is -0.0920. The molecule has 1 unspecified atom stereocenters. The molecule has 0 bridgehead atoms. The van der Waals surface area contributed by atoms with Gasteiger partial charge in [0.15, 0.2) is 0 Å². The molecule has 0 saturated carbocycles. The smallest absolute Gasteiger partial charge is 0.144 e. The maximum absolute atomic E-state index is 5.23. The van der Waals surface area contributed by atoms with Crippen molar-refractivity contribution in [1.82, 2.24) is 4.84 Å². The molecule has 8 heavy (non-hydrogen) atoms. The third-order valence-corrected chi connectivity index (χ3v) is 1.18. The maximum Gasteiger partial charge on any atom is 0.144 e. The molecule has 1 heterocycles. The van der Waals surface area contributed by atoms with Crippen LogP contribution in [0.25, 0.3) is 0 Å². The van der Waals surface area contributed by atoms with Crippen LogP contribution >= 0.6 is 11.8 Å². The van der Waals surface area contributed by atoms with E-state index in [1.54, 1.807) is 0 Å². The zero-order chi connectivity index (χ0) is 5.82. The molecule has 1 fully saturated rings. The van der Waals surface area contributed by atoms with E-state index in [0.29, 0.717) is 19.8 Å². The minimum absolute atomic E-state index is 0.120. The molecule has 0 radical (unpaired) electrons. The van der Waals surface area contributed by atoms with Gasteiger partial charge in [0.05, 0.1) is 19.8 Å². The summed E-state index contributed by atoms with van der Waals surface area (Å²) in [5.74, 6) is 0. The Morgan fingerprint density at radius 3 is 2.75 bits per heavy atom. The Hall–Kier alpha value is 0.170. The third kappa shape index (κ3) is 1.59. The second kappa shape index (κ2) is 3.25. The molecule has 0 aliphatic carbocycles. The standard InChI is InChI=1S/C4H8ClNO2/c5-6-4-3-7-1-2-8-4/h4,6H,1-3H2. The molecule has 1 aliphatic heterocycles. The van der Waals surface area contributed by atoms with E-state index in [1.807, 2.05) is 0 Å². The van der Waals surface area contributed by atoms with Crippen LogP contribution in [0.15, 0.2) is 0 Å². The molecule has 1 atom stereocenters. The van der Waals surface area contributed by atoms with E-state index in [1.165, 1.54) is 0 Å². The molecule has 1 rings (SSSR count). The van der Waals surface area contributed by atoms with Gasteiger partial charge in [-0.3, -0.25) is 0 Å². The fourth-order valence-corrected chi connectivity index (χ4v) is 0.677. The van der Waals surface area contributed by atoms with Crippen LogP contribution in [0.5, 0.6) is 0 Å². The van der Waals surface area contributed by atoms with E-state index in [0.717, 1.165) is 0 Å². The summed E-state index contributed by atoms with van der Waals surface area (Å²) in [6, 6.07) is 0. The number of nitrogens with one attached hydrogen (secondary N) is 1. The highest BCUT2D eigenvalue weighted by Crippen LogP contribution is 1.96. The number of hydrogen-bond donors (Lipinski definition) is 1. The molecule has 3 nitrogen and oxygen atoms in total. The summed E-state index contributed by atoms with van der Waals surface area (Å²) in [6.45, 7) is 1.85.